The molecule has 1 aromatic heterocycles. The van der Waals surface area contributed by atoms with Gasteiger partial charge in [0, 0.05) is 5.69 Å². The Morgan fingerprint density at radius 2 is 1.27 bits per heavy atom. The zero-order chi connectivity index (χ0) is 27.5. The Bertz CT molecular complexity index is 1640. The second-order valence-corrected chi connectivity index (χ2v) is 11.1. The summed E-state index contributed by atoms with van der Waals surface area (Å²) < 4.78 is 8.87. The molecule has 6 aromatic rings. The normalized spacial score (nSPS) is 15.1. The molecule has 0 saturated heterocycles. The van der Waals surface area contributed by atoms with Crippen LogP contribution in [0.5, 0.6) is 0 Å². The van der Waals surface area contributed by atoms with Crippen LogP contribution in [0.2, 0.25) is 0 Å². The largest absolute Gasteiger partial charge is 0.376 e. The lowest BCUT2D eigenvalue weighted by molar-refractivity contribution is 0.0819. The Morgan fingerprint density at radius 1 is 0.683 bits per heavy atom. The Balaban J connectivity index is 1.24. The van der Waals surface area contributed by atoms with Crippen LogP contribution in [-0.4, -0.2) is 16.2 Å². The fourth-order valence-electron chi connectivity index (χ4n) is 6.69. The smallest absolute Gasteiger partial charge is 0.121 e. The highest BCUT2D eigenvalue weighted by Crippen LogP contribution is 2.43. The monoisotopic (exact) mass is 534 g/mol. The standard InChI is InChI=1S/C38H34N2O/c1-4-16-32(17-5-1)38(33-18-6-2-7-19-33,34-20-8-3-9-21-34)40-28-39-36-24-23-29(25-37(36)40)26-41-27-31-15-12-14-30-13-10-11-22-35(30)31/h1-22,28-29H,23-27H2. The SMILES string of the molecule is c1ccc(C(c2ccccc2)(c2ccccc2)n2cnc3c2CC(COCc2cccc4ccccc24)CC3)cc1. The molecular formula is C38H34N2O. The van der Waals surface area contributed by atoms with E-state index in [1.54, 1.807) is 0 Å². The van der Waals surface area contributed by atoms with Crippen molar-refractivity contribution in [3.63, 3.8) is 0 Å². The Kier molecular flexibility index (Phi) is 6.96. The lowest BCUT2D eigenvalue weighted by atomic mass is 9.76. The zero-order valence-electron chi connectivity index (χ0n) is 23.2. The maximum Gasteiger partial charge on any atom is 0.121 e. The van der Waals surface area contributed by atoms with Gasteiger partial charge in [-0.1, -0.05) is 133 Å². The molecule has 0 N–H and O–H groups in total. The second kappa shape index (κ2) is 11.2. The van der Waals surface area contributed by atoms with Crippen molar-refractivity contribution >= 4 is 10.8 Å². The van der Waals surface area contributed by atoms with E-state index < -0.39 is 5.54 Å². The van der Waals surface area contributed by atoms with Crippen LogP contribution in [0, 0.1) is 5.92 Å². The van der Waals surface area contributed by atoms with E-state index in [0.29, 0.717) is 12.5 Å². The first-order valence-electron chi connectivity index (χ1n) is 14.6. The summed E-state index contributed by atoms with van der Waals surface area (Å²) in [4.78, 5) is 5.02. The van der Waals surface area contributed by atoms with Gasteiger partial charge in [-0.15, -0.1) is 0 Å². The van der Waals surface area contributed by atoms with Crippen LogP contribution >= 0.6 is 0 Å². The van der Waals surface area contributed by atoms with Gasteiger partial charge in [-0.25, -0.2) is 4.98 Å². The number of benzene rings is 5. The number of hydrogen-bond donors (Lipinski definition) is 0. The van der Waals surface area contributed by atoms with E-state index >= 15 is 0 Å². The van der Waals surface area contributed by atoms with Gasteiger partial charge in [0.25, 0.3) is 0 Å². The van der Waals surface area contributed by atoms with Crippen molar-refractivity contribution < 1.29 is 4.74 Å². The van der Waals surface area contributed by atoms with Crippen molar-refractivity contribution in [3.05, 3.63) is 173 Å². The number of rotatable bonds is 8. The van der Waals surface area contributed by atoms with Crippen molar-refractivity contribution in [2.45, 2.75) is 31.4 Å². The minimum absolute atomic E-state index is 0.438. The Hall–Kier alpha value is -4.47. The molecule has 0 fully saturated rings. The molecular weight excluding hydrogens is 500 g/mol. The van der Waals surface area contributed by atoms with Gasteiger partial charge in [0.1, 0.15) is 5.54 Å². The molecule has 0 radical (unpaired) electrons. The number of aryl methyl sites for hydroxylation is 1. The summed E-state index contributed by atoms with van der Waals surface area (Å²) in [5.74, 6) is 0.438. The van der Waals surface area contributed by atoms with Gasteiger partial charge in [-0.05, 0) is 58.2 Å². The van der Waals surface area contributed by atoms with Crippen molar-refractivity contribution in [1.29, 1.82) is 0 Å². The van der Waals surface area contributed by atoms with Crippen molar-refractivity contribution in [1.82, 2.24) is 9.55 Å². The van der Waals surface area contributed by atoms with Crippen molar-refractivity contribution in [2.24, 2.45) is 5.92 Å². The van der Waals surface area contributed by atoms with Gasteiger partial charge >= 0.3 is 0 Å². The lowest BCUT2D eigenvalue weighted by Gasteiger charge is -2.39. The quantitative estimate of drug-likeness (QED) is 0.184. The highest BCUT2D eigenvalue weighted by Gasteiger charge is 2.41. The molecule has 1 atom stereocenters. The van der Waals surface area contributed by atoms with Crippen LogP contribution in [0.25, 0.3) is 10.8 Å². The number of fused-ring (bicyclic) bond motifs is 2. The molecule has 7 rings (SSSR count). The molecule has 0 spiro atoms. The molecule has 0 saturated carbocycles. The van der Waals surface area contributed by atoms with Gasteiger partial charge < -0.3 is 9.30 Å². The fourth-order valence-corrected chi connectivity index (χ4v) is 6.69. The van der Waals surface area contributed by atoms with Crippen LogP contribution in [0.15, 0.2) is 140 Å². The minimum Gasteiger partial charge on any atom is -0.376 e. The van der Waals surface area contributed by atoms with Crippen LogP contribution in [0.3, 0.4) is 0 Å². The summed E-state index contributed by atoms with van der Waals surface area (Å²) in [6.45, 7) is 1.37. The van der Waals surface area contributed by atoms with Crippen molar-refractivity contribution in [3.8, 4) is 0 Å². The highest BCUT2D eigenvalue weighted by atomic mass is 16.5. The Labute approximate surface area is 242 Å². The fraction of sp³-hybridized carbons (Fsp3) is 0.184. The molecule has 0 bridgehead atoms. The number of imidazole rings is 1. The summed E-state index contributed by atoms with van der Waals surface area (Å²) in [5.41, 5.74) is 6.93. The average molecular weight is 535 g/mol. The molecule has 1 heterocycles. The second-order valence-electron chi connectivity index (χ2n) is 11.1. The number of hydrogen-bond acceptors (Lipinski definition) is 2. The number of nitrogens with zero attached hydrogens (tertiary/aromatic N) is 2. The highest BCUT2D eigenvalue weighted by molar-refractivity contribution is 5.85. The maximum absolute atomic E-state index is 6.41. The first kappa shape index (κ1) is 25.5. The number of aromatic nitrogens is 2. The average Bonchev–Trinajstić information content (AvgIpc) is 3.47. The third-order valence-corrected chi connectivity index (χ3v) is 8.65. The van der Waals surface area contributed by atoms with Gasteiger partial charge in [-0.2, -0.15) is 0 Å². The van der Waals surface area contributed by atoms with Crippen molar-refractivity contribution in [2.75, 3.05) is 6.61 Å². The van der Waals surface area contributed by atoms with Crippen LogP contribution in [0.1, 0.15) is 40.1 Å². The zero-order valence-corrected chi connectivity index (χ0v) is 23.2. The molecule has 3 heteroatoms. The summed E-state index contributed by atoms with van der Waals surface area (Å²) in [6, 6.07) is 47.7. The molecule has 0 amide bonds. The first-order valence-corrected chi connectivity index (χ1v) is 14.6. The number of ether oxygens (including phenoxy) is 1. The predicted octanol–water partition coefficient (Wildman–Crippen LogP) is 8.20. The minimum atomic E-state index is -0.532. The van der Waals surface area contributed by atoms with E-state index in [1.807, 2.05) is 0 Å². The Morgan fingerprint density at radius 3 is 1.93 bits per heavy atom. The van der Waals surface area contributed by atoms with E-state index in [4.69, 9.17) is 9.72 Å². The summed E-state index contributed by atoms with van der Waals surface area (Å²) in [5, 5.41) is 2.54. The molecule has 5 aromatic carbocycles. The molecule has 41 heavy (non-hydrogen) atoms. The first-order chi connectivity index (χ1) is 20.3. The molecule has 0 aliphatic heterocycles. The predicted molar refractivity (Wildman–Crippen MR) is 166 cm³/mol. The summed E-state index contributed by atoms with van der Waals surface area (Å²) in [6.07, 6.45) is 5.09. The topological polar surface area (TPSA) is 27.1 Å². The molecule has 1 aliphatic carbocycles. The van der Waals surface area contributed by atoms with E-state index in [1.165, 1.54) is 44.4 Å². The van der Waals surface area contributed by atoms with E-state index in [9.17, 15) is 0 Å². The third-order valence-electron chi connectivity index (χ3n) is 8.65. The van der Waals surface area contributed by atoms with Crippen LogP contribution in [-0.2, 0) is 29.7 Å². The van der Waals surface area contributed by atoms with Crippen LogP contribution in [0.4, 0.5) is 0 Å². The molecule has 3 nitrogen and oxygen atoms in total. The van der Waals surface area contributed by atoms with E-state index in [0.717, 1.165) is 25.9 Å². The maximum atomic E-state index is 6.41. The summed E-state index contributed by atoms with van der Waals surface area (Å²) >= 11 is 0. The third kappa shape index (κ3) is 4.67. The molecule has 1 unspecified atom stereocenters. The van der Waals surface area contributed by atoms with Gasteiger partial charge in [-0.3, -0.25) is 0 Å². The summed E-state index contributed by atoms with van der Waals surface area (Å²) in [7, 11) is 0. The molecule has 202 valence electrons. The van der Waals surface area contributed by atoms with E-state index in [-0.39, 0.29) is 0 Å². The van der Waals surface area contributed by atoms with E-state index in [2.05, 4.69) is 144 Å². The lowest BCUT2D eigenvalue weighted by Crippen LogP contribution is -2.39. The molecule has 1 aliphatic rings. The van der Waals surface area contributed by atoms with Gasteiger partial charge in [0.15, 0.2) is 0 Å². The van der Waals surface area contributed by atoms with Gasteiger partial charge in [0.2, 0.25) is 0 Å². The van der Waals surface area contributed by atoms with Crippen LogP contribution < -0.4 is 0 Å². The van der Waals surface area contributed by atoms with Gasteiger partial charge in [0.05, 0.1) is 25.2 Å².